The van der Waals surface area contributed by atoms with Gasteiger partial charge in [-0.25, -0.2) is 0 Å². The number of benzene rings is 1. The maximum atomic E-state index is 13.1. The summed E-state index contributed by atoms with van der Waals surface area (Å²) in [6, 6.07) is 5.87. The predicted octanol–water partition coefficient (Wildman–Crippen LogP) is 3.01. The summed E-state index contributed by atoms with van der Waals surface area (Å²) in [6.45, 7) is 5.36. The first-order chi connectivity index (χ1) is 15.5. The number of carbonyl (C=O) groups excluding carboxylic acids is 1. The SMILES string of the molecule is CCCC1(CO)Cc2nccc(-c3cc(Cl)cc4c3O[C@@H](C(=O)N3CCNCC3)C4)c2C1. The molecule has 1 amide bonds. The van der Waals surface area contributed by atoms with Gasteiger partial charge in [0.25, 0.3) is 5.91 Å². The number of aromatic nitrogens is 1. The lowest BCUT2D eigenvalue weighted by atomic mass is 9.81. The van der Waals surface area contributed by atoms with E-state index in [0.29, 0.717) is 24.5 Å². The number of halogens is 1. The van der Waals surface area contributed by atoms with Crippen molar-refractivity contribution in [3.63, 3.8) is 0 Å². The molecule has 5 rings (SSSR count). The van der Waals surface area contributed by atoms with Crippen molar-refractivity contribution < 1.29 is 14.6 Å². The molecule has 3 aliphatic rings. The highest BCUT2D eigenvalue weighted by Gasteiger charge is 2.40. The lowest BCUT2D eigenvalue weighted by Gasteiger charge is -2.29. The van der Waals surface area contributed by atoms with E-state index in [9.17, 15) is 9.90 Å². The normalized spacial score (nSPS) is 24.2. The van der Waals surface area contributed by atoms with Gasteiger partial charge in [-0.2, -0.15) is 0 Å². The van der Waals surface area contributed by atoms with Crippen molar-refractivity contribution in [3.05, 3.63) is 46.2 Å². The third-order valence-electron chi connectivity index (χ3n) is 7.15. The fourth-order valence-electron chi connectivity index (χ4n) is 5.58. The van der Waals surface area contributed by atoms with Crippen LogP contribution < -0.4 is 10.1 Å². The van der Waals surface area contributed by atoms with E-state index in [1.165, 1.54) is 5.56 Å². The van der Waals surface area contributed by atoms with E-state index in [2.05, 4.69) is 17.2 Å². The zero-order chi connectivity index (χ0) is 22.3. The minimum atomic E-state index is -0.508. The van der Waals surface area contributed by atoms with E-state index in [4.69, 9.17) is 16.3 Å². The minimum absolute atomic E-state index is 0.0481. The largest absolute Gasteiger partial charge is 0.479 e. The zero-order valence-corrected chi connectivity index (χ0v) is 19.2. The molecule has 1 fully saturated rings. The number of piperazine rings is 1. The van der Waals surface area contributed by atoms with Crippen molar-refractivity contribution in [3.8, 4) is 16.9 Å². The number of fused-ring (bicyclic) bond motifs is 2. The van der Waals surface area contributed by atoms with Crippen LogP contribution in [0.2, 0.25) is 5.02 Å². The maximum absolute atomic E-state index is 13.1. The van der Waals surface area contributed by atoms with Crippen molar-refractivity contribution in [1.29, 1.82) is 0 Å². The van der Waals surface area contributed by atoms with Gasteiger partial charge in [0.05, 0.1) is 0 Å². The number of ether oxygens (including phenoxy) is 1. The summed E-state index contributed by atoms with van der Waals surface area (Å²) < 4.78 is 6.31. The topological polar surface area (TPSA) is 74.7 Å². The summed E-state index contributed by atoms with van der Waals surface area (Å²) in [4.78, 5) is 19.6. The van der Waals surface area contributed by atoms with Crippen LogP contribution in [0.4, 0.5) is 0 Å². The number of aliphatic hydroxyl groups excluding tert-OH is 1. The van der Waals surface area contributed by atoms with Crippen LogP contribution in [0.3, 0.4) is 0 Å². The Morgan fingerprint density at radius 1 is 1.31 bits per heavy atom. The van der Waals surface area contributed by atoms with Crippen molar-refractivity contribution >= 4 is 17.5 Å². The van der Waals surface area contributed by atoms with Crippen LogP contribution in [-0.4, -0.2) is 59.8 Å². The number of amides is 1. The molecule has 1 aliphatic carbocycles. The summed E-state index contributed by atoms with van der Waals surface area (Å²) in [6.07, 6.45) is 5.43. The molecule has 0 spiro atoms. The standard InChI is InChI=1S/C25H30ClN3O3/c1-2-4-25(15-30)13-20-18(3-5-28-21(20)14-25)19-12-17(26)10-16-11-22(32-23(16)19)24(31)29-8-6-27-7-9-29/h3,5,10,12,22,27,30H,2,4,6-9,11,13-15H2,1H3/t22-,25?/m1/s1. The van der Waals surface area contributed by atoms with Crippen LogP contribution in [0.15, 0.2) is 24.4 Å². The second-order valence-corrected chi connectivity index (χ2v) is 9.81. The Balaban J connectivity index is 1.49. The van der Waals surface area contributed by atoms with E-state index < -0.39 is 6.10 Å². The van der Waals surface area contributed by atoms with Gasteiger partial charge in [0.1, 0.15) is 5.75 Å². The first-order valence-electron chi connectivity index (χ1n) is 11.6. The van der Waals surface area contributed by atoms with Crippen molar-refractivity contribution in [1.82, 2.24) is 15.2 Å². The molecule has 32 heavy (non-hydrogen) atoms. The van der Waals surface area contributed by atoms with E-state index in [0.717, 1.165) is 66.9 Å². The Labute approximate surface area is 193 Å². The number of nitrogens with one attached hydrogen (secondary N) is 1. The summed E-state index contributed by atoms with van der Waals surface area (Å²) in [5.41, 5.74) is 5.02. The Morgan fingerprint density at radius 2 is 2.12 bits per heavy atom. The molecule has 2 aromatic rings. The summed E-state index contributed by atoms with van der Waals surface area (Å²) >= 11 is 6.52. The fourth-order valence-corrected chi connectivity index (χ4v) is 5.82. The summed E-state index contributed by atoms with van der Waals surface area (Å²) in [7, 11) is 0. The molecule has 6 nitrogen and oxygen atoms in total. The van der Waals surface area contributed by atoms with E-state index in [-0.39, 0.29) is 17.9 Å². The Morgan fingerprint density at radius 3 is 2.88 bits per heavy atom. The average Bonchev–Trinajstić information content (AvgIpc) is 3.40. The summed E-state index contributed by atoms with van der Waals surface area (Å²) in [5.74, 6) is 0.806. The Bertz CT molecular complexity index is 1040. The molecule has 1 unspecified atom stereocenters. The van der Waals surface area contributed by atoms with Crippen molar-refractivity contribution in [2.45, 2.75) is 45.1 Å². The molecule has 1 aromatic carbocycles. The molecule has 0 bridgehead atoms. The Hall–Kier alpha value is -2.15. The molecule has 0 saturated carbocycles. The van der Waals surface area contributed by atoms with Gasteiger partial charge in [-0.15, -0.1) is 0 Å². The second-order valence-electron chi connectivity index (χ2n) is 9.37. The van der Waals surface area contributed by atoms with Crippen LogP contribution in [0, 0.1) is 5.41 Å². The predicted molar refractivity (Wildman–Crippen MR) is 124 cm³/mol. The first kappa shape index (κ1) is 21.7. The smallest absolute Gasteiger partial charge is 0.264 e. The van der Waals surface area contributed by atoms with Crippen molar-refractivity contribution in [2.24, 2.45) is 5.41 Å². The van der Waals surface area contributed by atoms with Crippen LogP contribution >= 0.6 is 11.6 Å². The minimum Gasteiger partial charge on any atom is -0.479 e. The molecular formula is C25H30ClN3O3. The highest BCUT2D eigenvalue weighted by atomic mass is 35.5. The number of nitrogens with zero attached hydrogens (tertiary/aromatic N) is 2. The van der Waals surface area contributed by atoms with E-state index in [1.807, 2.05) is 29.3 Å². The molecule has 1 aromatic heterocycles. The second kappa shape index (κ2) is 8.65. The van der Waals surface area contributed by atoms with Gasteiger partial charge in [-0.05, 0) is 48.6 Å². The van der Waals surface area contributed by atoms with Crippen LogP contribution in [-0.2, 0) is 24.1 Å². The van der Waals surface area contributed by atoms with Gasteiger partial charge in [0, 0.05) is 72.7 Å². The number of hydrogen-bond acceptors (Lipinski definition) is 5. The maximum Gasteiger partial charge on any atom is 0.264 e. The zero-order valence-electron chi connectivity index (χ0n) is 18.5. The van der Waals surface area contributed by atoms with Crippen molar-refractivity contribution in [2.75, 3.05) is 32.8 Å². The van der Waals surface area contributed by atoms with E-state index in [1.54, 1.807) is 0 Å². The molecule has 170 valence electrons. The van der Waals surface area contributed by atoms with Gasteiger partial charge in [0.2, 0.25) is 0 Å². The van der Waals surface area contributed by atoms with Gasteiger partial charge in [0.15, 0.2) is 6.10 Å². The average molecular weight is 456 g/mol. The monoisotopic (exact) mass is 455 g/mol. The third kappa shape index (κ3) is 3.78. The van der Waals surface area contributed by atoms with Gasteiger partial charge in [-0.1, -0.05) is 24.9 Å². The number of rotatable bonds is 5. The quantitative estimate of drug-likeness (QED) is 0.725. The number of carbonyl (C=O) groups is 1. The molecule has 7 heteroatoms. The number of aliphatic hydroxyl groups is 1. The first-order valence-corrected chi connectivity index (χ1v) is 12.0. The molecule has 3 heterocycles. The summed E-state index contributed by atoms with van der Waals surface area (Å²) in [5, 5.41) is 14.1. The molecule has 0 radical (unpaired) electrons. The molecule has 2 N–H and O–H groups in total. The lowest BCUT2D eigenvalue weighted by Crippen LogP contribution is -2.50. The lowest BCUT2D eigenvalue weighted by molar-refractivity contribution is -0.138. The number of hydrogen-bond donors (Lipinski definition) is 2. The third-order valence-corrected chi connectivity index (χ3v) is 7.36. The molecule has 2 atom stereocenters. The molecule has 1 saturated heterocycles. The van der Waals surface area contributed by atoms with Gasteiger partial charge >= 0.3 is 0 Å². The van der Waals surface area contributed by atoms with Crippen LogP contribution in [0.25, 0.3) is 11.1 Å². The molecule has 2 aliphatic heterocycles. The van der Waals surface area contributed by atoms with E-state index >= 15 is 0 Å². The van der Waals surface area contributed by atoms with Crippen LogP contribution in [0.1, 0.15) is 36.6 Å². The van der Waals surface area contributed by atoms with Gasteiger partial charge in [-0.3, -0.25) is 9.78 Å². The number of pyridine rings is 1. The highest BCUT2D eigenvalue weighted by Crippen LogP contribution is 2.47. The molecular weight excluding hydrogens is 426 g/mol. The van der Waals surface area contributed by atoms with Crippen LogP contribution in [0.5, 0.6) is 5.75 Å². The highest BCUT2D eigenvalue weighted by molar-refractivity contribution is 6.31. The fraction of sp³-hybridized carbons (Fsp3) is 0.520. The van der Waals surface area contributed by atoms with Gasteiger partial charge < -0.3 is 20.1 Å². The Kier molecular flexibility index (Phi) is 5.86.